The van der Waals surface area contributed by atoms with Gasteiger partial charge in [-0.05, 0) is 58.5 Å². The van der Waals surface area contributed by atoms with E-state index in [2.05, 4.69) is 38.0 Å². The largest absolute Gasteiger partial charge is 0.480 e. The van der Waals surface area contributed by atoms with Crippen molar-refractivity contribution in [3.05, 3.63) is 40.0 Å². The van der Waals surface area contributed by atoms with E-state index < -0.39 is 0 Å². The summed E-state index contributed by atoms with van der Waals surface area (Å²) < 4.78 is 11.5. The van der Waals surface area contributed by atoms with Gasteiger partial charge in [-0.3, -0.25) is 0 Å². The van der Waals surface area contributed by atoms with Crippen LogP contribution >= 0.6 is 15.9 Å². The van der Waals surface area contributed by atoms with Crippen LogP contribution in [0.5, 0.6) is 17.6 Å². The van der Waals surface area contributed by atoms with E-state index in [0.717, 1.165) is 18.6 Å². The van der Waals surface area contributed by atoms with Crippen LogP contribution < -0.4 is 9.47 Å². The molecule has 19 heavy (non-hydrogen) atoms. The molecule has 1 aromatic heterocycles. The summed E-state index contributed by atoms with van der Waals surface area (Å²) in [5.74, 6) is 1.23. The lowest BCUT2D eigenvalue weighted by Gasteiger charge is -2.07. The van der Waals surface area contributed by atoms with Crippen molar-refractivity contribution in [2.45, 2.75) is 19.3 Å². The van der Waals surface area contributed by atoms with Crippen LogP contribution in [0.4, 0.5) is 0 Å². The second-order valence-electron chi connectivity index (χ2n) is 4.40. The van der Waals surface area contributed by atoms with Gasteiger partial charge in [0.05, 0.1) is 17.8 Å². The average Bonchev–Trinajstić information content (AvgIpc) is 2.88. The third kappa shape index (κ3) is 2.56. The molecule has 0 radical (unpaired) electrons. The fourth-order valence-corrected chi connectivity index (χ4v) is 2.60. The first kappa shape index (κ1) is 12.4. The van der Waals surface area contributed by atoms with E-state index in [-0.39, 0.29) is 6.01 Å². The summed E-state index contributed by atoms with van der Waals surface area (Å²) in [5, 5.41) is 0. The number of aryl methyl sites for hydroxylation is 2. The number of benzene rings is 1. The minimum Gasteiger partial charge on any atom is -0.480 e. The highest BCUT2D eigenvalue weighted by Crippen LogP contribution is 2.29. The van der Waals surface area contributed by atoms with Crippen molar-refractivity contribution in [2.24, 2.45) is 0 Å². The Hall–Kier alpha value is -1.62. The lowest BCUT2D eigenvalue weighted by molar-refractivity contribution is 0.373. The summed E-state index contributed by atoms with van der Waals surface area (Å²) >= 11 is 3.31. The smallest absolute Gasteiger partial charge is 0.325 e. The summed E-state index contributed by atoms with van der Waals surface area (Å²) in [6.45, 7) is 0. The molecule has 0 unspecified atom stereocenters. The number of halogens is 1. The highest BCUT2D eigenvalue weighted by Gasteiger charge is 2.12. The van der Waals surface area contributed by atoms with E-state index in [4.69, 9.17) is 9.47 Å². The molecule has 0 amide bonds. The van der Waals surface area contributed by atoms with E-state index in [1.807, 2.05) is 6.07 Å². The molecular weight excluding hydrogens is 308 g/mol. The van der Waals surface area contributed by atoms with Gasteiger partial charge in [-0.1, -0.05) is 6.07 Å². The first-order valence-corrected chi connectivity index (χ1v) is 6.92. The Bertz CT molecular complexity index is 607. The third-order valence-electron chi connectivity index (χ3n) is 3.16. The second-order valence-corrected chi connectivity index (χ2v) is 5.25. The zero-order valence-corrected chi connectivity index (χ0v) is 12.1. The predicted octanol–water partition coefficient (Wildman–Crippen LogP) is 3.53. The van der Waals surface area contributed by atoms with Gasteiger partial charge in [-0.15, -0.1) is 0 Å². The summed E-state index contributed by atoms with van der Waals surface area (Å²) in [4.78, 5) is 8.29. The Morgan fingerprint density at radius 1 is 1.21 bits per heavy atom. The Morgan fingerprint density at radius 2 is 2.05 bits per heavy atom. The van der Waals surface area contributed by atoms with Gasteiger partial charge in [0, 0.05) is 0 Å². The zero-order chi connectivity index (χ0) is 13.2. The lowest BCUT2D eigenvalue weighted by Crippen LogP contribution is -1.96. The normalized spacial score (nSPS) is 13.2. The van der Waals surface area contributed by atoms with Crippen LogP contribution in [0.3, 0.4) is 0 Å². The molecule has 1 heterocycles. The lowest BCUT2D eigenvalue weighted by atomic mass is 10.1. The average molecular weight is 321 g/mol. The molecule has 5 heteroatoms. The topological polar surface area (TPSA) is 44.2 Å². The van der Waals surface area contributed by atoms with Crippen molar-refractivity contribution in [1.29, 1.82) is 0 Å². The highest BCUT2D eigenvalue weighted by atomic mass is 79.9. The SMILES string of the molecule is COc1nc(Oc2ccc3c(c2)CCC3)ncc1Br. The molecule has 0 N–H and O–H groups in total. The number of rotatable bonds is 3. The van der Waals surface area contributed by atoms with Crippen LogP contribution in [0, 0.1) is 0 Å². The monoisotopic (exact) mass is 320 g/mol. The van der Waals surface area contributed by atoms with E-state index in [9.17, 15) is 0 Å². The van der Waals surface area contributed by atoms with Crippen LogP contribution in [0.1, 0.15) is 17.5 Å². The number of nitrogens with zero attached hydrogens (tertiary/aromatic N) is 2. The molecule has 0 saturated carbocycles. The van der Waals surface area contributed by atoms with Crippen LogP contribution in [0.2, 0.25) is 0 Å². The van der Waals surface area contributed by atoms with E-state index >= 15 is 0 Å². The summed E-state index contributed by atoms with van der Waals surface area (Å²) in [5.41, 5.74) is 2.78. The van der Waals surface area contributed by atoms with Gasteiger partial charge in [0.1, 0.15) is 5.75 Å². The van der Waals surface area contributed by atoms with Crippen molar-refractivity contribution < 1.29 is 9.47 Å². The van der Waals surface area contributed by atoms with Crippen LogP contribution in [-0.2, 0) is 12.8 Å². The summed E-state index contributed by atoms with van der Waals surface area (Å²) in [6, 6.07) is 6.44. The molecular formula is C14H13BrN2O2. The fourth-order valence-electron chi connectivity index (χ4n) is 2.25. The van der Waals surface area contributed by atoms with Gasteiger partial charge in [0.2, 0.25) is 5.88 Å². The summed E-state index contributed by atoms with van der Waals surface area (Å²) in [7, 11) is 1.56. The van der Waals surface area contributed by atoms with Crippen molar-refractivity contribution >= 4 is 15.9 Å². The van der Waals surface area contributed by atoms with Gasteiger partial charge in [0.25, 0.3) is 0 Å². The number of hydrogen-bond acceptors (Lipinski definition) is 4. The van der Waals surface area contributed by atoms with E-state index in [0.29, 0.717) is 10.4 Å². The molecule has 2 aromatic rings. The minimum absolute atomic E-state index is 0.290. The van der Waals surface area contributed by atoms with Crippen LogP contribution in [0.15, 0.2) is 28.9 Å². The quantitative estimate of drug-likeness (QED) is 0.867. The molecule has 0 saturated heterocycles. The number of ether oxygens (including phenoxy) is 2. The molecule has 1 aliphatic rings. The van der Waals surface area contributed by atoms with Crippen molar-refractivity contribution in [1.82, 2.24) is 9.97 Å². The number of hydrogen-bond donors (Lipinski definition) is 0. The maximum Gasteiger partial charge on any atom is 0.325 e. The molecule has 3 rings (SSSR count). The van der Waals surface area contributed by atoms with E-state index in [1.54, 1.807) is 13.3 Å². The van der Waals surface area contributed by atoms with Gasteiger partial charge in [-0.25, -0.2) is 4.98 Å². The van der Waals surface area contributed by atoms with Gasteiger partial charge >= 0.3 is 6.01 Å². The molecule has 1 aliphatic carbocycles. The molecule has 4 nitrogen and oxygen atoms in total. The Kier molecular flexibility index (Phi) is 3.38. The minimum atomic E-state index is 0.290. The molecule has 98 valence electrons. The molecule has 0 fully saturated rings. The molecule has 0 bridgehead atoms. The number of methoxy groups -OCH3 is 1. The van der Waals surface area contributed by atoms with Gasteiger partial charge < -0.3 is 9.47 Å². The molecule has 0 spiro atoms. The third-order valence-corrected chi connectivity index (χ3v) is 3.71. The first-order valence-electron chi connectivity index (χ1n) is 6.12. The Labute approximate surface area is 119 Å². The number of aromatic nitrogens is 2. The summed E-state index contributed by atoms with van der Waals surface area (Å²) in [6.07, 6.45) is 5.13. The first-order chi connectivity index (χ1) is 9.26. The van der Waals surface area contributed by atoms with Crippen molar-refractivity contribution in [2.75, 3.05) is 7.11 Å². The van der Waals surface area contributed by atoms with E-state index in [1.165, 1.54) is 17.5 Å². The molecule has 1 aromatic carbocycles. The van der Waals surface area contributed by atoms with Crippen LogP contribution in [0.25, 0.3) is 0 Å². The van der Waals surface area contributed by atoms with Crippen molar-refractivity contribution in [3.63, 3.8) is 0 Å². The molecule has 0 aliphatic heterocycles. The molecule has 0 atom stereocenters. The Balaban J connectivity index is 1.85. The standard InChI is InChI=1S/C14H13BrN2O2/c1-18-13-12(15)8-16-14(17-13)19-11-6-5-9-3-2-4-10(9)7-11/h5-8H,2-4H2,1H3. The van der Waals surface area contributed by atoms with Gasteiger partial charge in [0.15, 0.2) is 0 Å². The number of fused-ring (bicyclic) bond motifs is 1. The van der Waals surface area contributed by atoms with Crippen molar-refractivity contribution in [3.8, 4) is 17.6 Å². The van der Waals surface area contributed by atoms with Crippen LogP contribution in [-0.4, -0.2) is 17.1 Å². The maximum atomic E-state index is 5.68. The fraction of sp³-hybridized carbons (Fsp3) is 0.286. The highest BCUT2D eigenvalue weighted by molar-refractivity contribution is 9.10. The second kappa shape index (κ2) is 5.17. The zero-order valence-electron chi connectivity index (χ0n) is 10.5. The maximum absolute atomic E-state index is 5.68. The van der Waals surface area contributed by atoms with Gasteiger partial charge in [-0.2, -0.15) is 4.98 Å². The predicted molar refractivity (Wildman–Crippen MR) is 74.8 cm³/mol. The Morgan fingerprint density at radius 3 is 2.89 bits per heavy atom.